The molecule has 3 nitrogen and oxygen atoms in total. The third-order valence-electron chi connectivity index (χ3n) is 4.25. The van der Waals surface area contributed by atoms with E-state index in [1.807, 2.05) is 6.92 Å². The highest BCUT2D eigenvalue weighted by Crippen LogP contribution is 2.33. The van der Waals surface area contributed by atoms with Crippen molar-refractivity contribution in [2.24, 2.45) is 17.8 Å². The van der Waals surface area contributed by atoms with E-state index in [0.29, 0.717) is 18.9 Å². The molecule has 110 valence electrons. The van der Waals surface area contributed by atoms with E-state index >= 15 is 0 Å². The molecule has 0 saturated heterocycles. The van der Waals surface area contributed by atoms with Crippen LogP contribution in [0.5, 0.6) is 0 Å². The second-order valence-corrected chi connectivity index (χ2v) is 5.63. The molecular formula is C16H28O3. The van der Waals surface area contributed by atoms with Gasteiger partial charge in [-0.15, -0.1) is 0 Å². The van der Waals surface area contributed by atoms with Gasteiger partial charge in [-0.2, -0.15) is 0 Å². The number of carbonyl (C=O) groups is 2. The molecule has 0 bridgehead atoms. The Labute approximate surface area is 117 Å². The fourth-order valence-corrected chi connectivity index (χ4v) is 3.11. The third kappa shape index (κ3) is 4.63. The van der Waals surface area contributed by atoms with Crippen molar-refractivity contribution in [1.82, 2.24) is 0 Å². The number of ketones is 1. The Kier molecular flexibility index (Phi) is 7.11. The summed E-state index contributed by atoms with van der Waals surface area (Å²) in [4.78, 5) is 24.5. The first kappa shape index (κ1) is 16.2. The second-order valence-electron chi connectivity index (χ2n) is 5.63. The Bertz CT molecular complexity index is 298. The minimum Gasteiger partial charge on any atom is -0.465 e. The molecule has 0 spiro atoms. The zero-order chi connectivity index (χ0) is 14.3. The van der Waals surface area contributed by atoms with Crippen LogP contribution in [-0.4, -0.2) is 18.4 Å². The lowest BCUT2D eigenvalue weighted by Gasteiger charge is -2.29. The first-order chi connectivity index (χ1) is 9.13. The number of Topliss-reactive ketones (excluding diaryl/α,β-unsaturated/α-hetero) is 1. The molecule has 0 aliphatic heterocycles. The van der Waals surface area contributed by atoms with Gasteiger partial charge in [0, 0.05) is 5.92 Å². The number of carbonyl (C=O) groups excluding carboxylic acids is 2. The highest BCUT2D eigenvalue weighted by molar-refractivity contribution is 6.00. The number of esters is 1. The van der Waals surface area contributed by atoms with E-state index in [1.54, 1.807) is 6.92 Å². The van der Waals surface area contributed by atoms with Gasteiger partial charge in [0.2, 0.25) is 0 Å². The zero-order valence-electron chi connectivity index (χ0n) is 12.6. The molecule has 0 aromatic heterocycles. The zero-order valence-corrected chi connectivity index (χ0v) is 12.6. The predicted molar refractivity (Wildman–Crippen MR) is 75.8 cm³/mol. The minimum atomic E-state index is -0.523. The number of hydrogen-bond acceptors (Lipinski definition) is 3. The summed E-state index contributed by atoms with van der Waals surface area (Å²) in [6.07, 6.45) is 6.89. The summed E-state index contributed by atoms with van der Waals surface area (Å²) in [5.74, 6) is 0.0452. The van der Waals surface area contributed by atoms with Crippen molar-refractivity contribution in [2.75, 3.05) is 6.61 Å². The van der Waals surface area contributed by atoms with E-state index in [2.05, 4.69) is 6.92 Å². The molecule has 1 aliphatic carbocycles. The van der Waals surface area contributed by atoms with E-state index in [1.165, 1.54) is 6.42 Å². The maximum absolute atomic E-state index is 12.6. The molecule has 0 N–H and O–H groups in total. The van der Waals surface area contributed by atoms with Crippen molar-refractivity contribution in [3.8, 4) is 0 Å². The summed E-state index contributed by atoms with van der Waals surface area (Å²) in [7, 11) is 0. The molecule has 0 heterocycles. The fraction of sp³-hybridized carbons (Fsp3) is 0.875. The Morgan fingerprint density at radius 2 is 1.95 bits per heavy atom. The lowest BCUT2D eigenvalue weighted by atomic mass is 9.75. The first-order valence-electron chi connectivity index (χ1n) is 7.84. The van der Waals surface area contributed by atoms with Crippen LogP contribution in [0.3, 0.4) is 0 Å². The molecule has 1 aliphatic rings. The highest BCUT2D eigenvalue weighted by atomic mass is 16.5. The standard InChI is InChI=1S/C16H28O3/c1-4-8-14(16(18)19-6-3)15(17)13-10-7-9-12(5-2)11-13/h12-14H,4-11H2,1-3H3. The van der Waals surface area contributed by atoms with Crippen molar-refractivity contribution in [1.29, 1.82) is 0 Å². The van der Waals surface area contributed by atoms with Gasteiger partial charge in [-0.1, -0.05) is 39.5 Å². The van der Waals surface area contributed by atoms with E-state index in [-0.39, 0.29) is 17.7 Å². The Morgan fingerprint density at radius 1 is 1.21 bits per heavy atom. The van der Waals surface area contributed by atoms with Crippen LogP contribution < -0.4 is 0 Å². The van der Waals surface area contributed by atoms with E-state index in [0.717, 1.165) is 32.1 Å². The van der Waals surface area contributed by atoms with Gasteiger partial charge in [0.1, 0.15) is 11.7 Å². The van der Waals surface area contributed by atoms with Crippen LogP contribution >= 0.6 is 0 Å². The SMILES string of the molecule is CCCC(C(=O)OCC)C(=O)C1CCCC(CC)C1. The summed E-state index contributed by atoms with van der Waals surface area (Å²) >= 11 is 0. The lowest BCUT2D eigenvalue weighted by Crippen LogP contribution is -2.33. The van der Waals surface area contributed by atoms with E-state index in [4.69, 9.17) is 4.74 Å². The molecule has 3 unspecified atom stereocenters. The smallest absolute Gasteiger partial charge is 0.316 e. The summed E-state index contributed by atoms with van der Waals surface area (Å²) in [6.45, 7) is 6.34. The molecule has 1 fully saturated rings. The van der Waals surface area contributed by atoms with Crippen LogP contribution in [0, 0.1) is 17.8 Å². The van der Waals surface area contributed by atoms with Crippen molar-refractivity contribution in [3.05, 3.63) is 0 Å². The summed E-state index contributed by atoms with van der Waals surface area (Å²) in [6, 6.07) is 0. The molecule has 0 amide bonds. The molecule has 0 aromatic rings. The molecule has 3 atom stereocenters. The van der Waals surface area contributed by atoms with Crippen molar-refractivity contribution < 1.29 is 14.3 Å². The van der Waals surface area contributed by atoms with Gasteiger partial charge < -0.3 is 4.74 Å². The van der Waals surface area contributed by atoms with Crippen molar-refractivity contribution in [2.45, 2.75) is 65.7 Å². The monoisotopic (exact) mass is 268 g/mol. The topological polar surface area (TPSA) is 43.4 Å². The second kappa shape index (κ2) is 8.34. The van der Waals surface area contributed by atoms with Gasteiger partial charge in [0.25, 0.3) is 0 Å². The fourth-order valence-electron chi connectivity index (χ4n) is 3.11. The van der Waals surface area contributed by atoms with Crippen LogP contribution in [0.4, 0.5) is 0 Å². The number of ether oxygens (including phenoxy) is 1. The van der Waals surface area contributed by atoms with Gasteiger partial charge in [0.15, 0.2) is 0 Å². The Balaban J connectivity index is 2.67. The van der Waals surface area contributed by atoms with Gasteiger partial charge in [-0.25, -0.2) is 0 Å². The van der Waals surface area contributed by atoms with E-state index < -0.39 is 5.92 Å². The van der Waals surface area contributed by atoms with Crippen LogP contribution in [-0.2, 0) is 14.3 Å². The lowest BCUT2D eigenvalue weighted by molar-refractivity contribution is -0.153. The van der Waals surface area contributed by atoms with Crippen molar-refractivity contribution in [3.63, 3.8) is 0 Å². The molecule has 0 radical (unpaired) electrons. The maximum atomic E-state index is 12.6. The van der Waals surface area contributed by atoms with Gasteiger partial charge in [-0.05, 0) is 32.1 Å². The van der Waals surface area contributed by atoms with E-state index in [9.17, 15) is 9.59 Å². The molecule has 1 rings (SSSR count). The van der Waals surface area contributed by atoms with Crippen LogP contribution in [0.1, 0.15) is 65.7 Å². The van der Waals surface area contributed by atoms with Crippen LogP contribution in [0.2, 0.25) is 0 Å². The average molecular weight is 268 g/mol. The summed E-state index contributed by atoms with van der Waals surface area (Å²) in [5, 5.41) is 0. The van der Waals surface area contributed by atoms with Crippen LogP contribution in [0.15, 0.2) is 0 Å². The Hall–Kier alpha value is -0.860. The number of rotatable bonds is 7. The third-order valence-corrected chi connectivity index (χ3v) is 4.25. The maximum Gasteiger partial charge on any atom is 0.316 e. The molecule has 3 heteroatoms. The van der Waals surface area contributed by atoms with Crippen molar-refractivity contribution >= 4 is 11.8 Å². The minimum absolute atomic E-state index is 0.0830. The van der Waals surface area contributed by atoms with Crippen LogP contribution in [0.25, 0.3) is 0 Å². The largest absolute Gasteiger partial charge is 0.465 e. The molecule has 19 heavy (non-hydrogen) atoms. The molecule has 0 aromatic carbocycles. The summed E-state index contributed by atoms with van der Waals surface area (Å²) in [5.41, 5.74) is 0. The predicted octanol–water partition coefficient (Wildman–Crippen LogP) is 3.75. The first-order valence-corrected chi connectivity index (χ1v) is 7.84. The van der Waals surface area contributed by atoms with Gasteiger partial charge in [0.05, 0.1) is 6.61 Å². The Morgan fingerprint density at radius 3 is 2.53 bits per heavy atom. The average Bonchev–Trinajstić information content (AvgIpc) is 2.44. The molecular weight excluding hydrogens is 240 g/mol. The number of hydrogen-bond donors (Lipinski definition) is 0. The van der Waals surface area contributed by atoms with Gasteiger partial charge >= 0.3 is 5.97 Å². The highest BCUT2D eigenvalue weighted by Gasteiger charge is 2.35. The van der Waals surface area contributed by atoms with Gasteiger partial charge in [-0.3, -0.25) is 9.59 Å². The molecule has 1 saturated carbocycles. The normalized spacial score (nSPS) is 24.8. The summed E-state index contributed by atoms with van der Waals surface area (Å²) < 4.78 is 5.06. The quantitative estimate of drug-likeness (QED) is 0.521.